The minimum atomic E-state index is 0. The number of halogens is 2. The first-order valence-electron chi connectivity index (χ1n) is 4.84. The molecule has 0 atom stereocenters. The molecule has 3 aromatic heterocycles. The summed E-state index contributed by atoms with van der Waals surface area (Å²) in [5, 5.41) is 0. The third-order valence-electron chi connectivity index (χ3n) is 2.26. The van der Waals surface area contributed by atoms with Gasteiger partial charge in [0.15, 0.2) is 12.7 Å². The lowest BCUT2D eigenvalue weighted by Crippen LogP contribution is -3.00. The van der Waals surface area contributed by atoms with Gasteiger partial charge in [-0.05, 0) is 0 Å². The van der Waals surface area contributed by atoms with Gasteiger partial charge in [-0.15, -0.1) is 0 Å². The molecule has 0 radical (unpaired) electrons. The molecule has 4 N–H and O–H groups in total. The van der Waals surface area contributed by atoms with Crippen molar-refractivity contribution in [2.24, 2.45) is 0 Å². The summed E-state index contributed by atoms with van der Waals surface area (Å²) in [6.07, 6.45) is 12.7. The molecule has 9 heteroatoms. The van der Waals surface area contributed by atoms with Crippen molar-refractivity contribution in [1.82, 2.24) is 19.9 Å². The number of nitrogens with one attached hydrogen (secondary N) is 2. The first-order chi connectivity index (χ1) is 7.93. The van der Waals surface area contributed by atoms with Crippen molar-refractivity contribution in [3.63, 3.8) is 0 Å². The fourth-order valence-electron chi connectivity index (χ4n) is 1.48. The Labute approximate surface area is 121 Å². The van der Waals surface area contributed by atoms with Gasteiger partial charge in [-0.3, -0.25) is 9.97 Å². The highest BCUT2D eigenvalue weighted by Gasteiger charge is 2.12. The van der Waals surface area contributed by atoms with Crippen LogP contribution in [0.2, 0.25) is 0 Å². The molecule has 0 aliphatic carbocycles. The van der Waals surface area contributed by atoms with Gasteiger partial charge in [-0.25, -0.2) is 9.13 Å². The fourth-order valence-corrected chi connectivity index (χ4v) is 1.48. The molecular weight excluding hydrogens is 291 g/mol. The van der Waals surface area contributed by atoms with Gasteiger partial charge < -0.3 is 30.3 Å². The maximum atomic E-state index is 4.20. The van der Waals surface area contributed by atoms with Crippen molar-refractivity contribution >= 4 is 0 Å². The first kappa shape index (κ1) is 17.0. The summed E-state index contributed by atoms with van der Waals surface area (Å²) >= 11 is 0. The van der Waals surface area contributed by atoms with Crippen molar-refractivity contribution in [2.45, 2.75) is 0 Å². The van der Waals surface area contributed by atoms with E-state index in [1.165, 1.54) is 0 Å². The average molecular weight is 303 g/mol. The molecule has 0 spiro atoms. The van der Waals surface area contributed by atoms with Crippen LogP contribution in [0.5, 0.6) is 0 Å². The molecule has 0 saturated carbocycles. The Morgan fingerprint density at radius 1 is 0.842 bits per heavy atom. The van der Waals surface area contributed by atoms with Crippen LogP contribution in [-0.2, 0) is 0 Å². The summed E-state index contributed by atoms with van der Waals surface area (Å²) in [6, 6.07) is 1.90. The predicted octanol–water partition coefficient (Wildman–Crippen LogP) is -7.13. The second-order valence-corrected chi connectivity index (χ2v) is 3.27. The number of imidazole rings is 2. The Hall–Kier alpha value is -1.96. The van der Waals surface area contributed by atoms with Crippen LogP contribution >= 0.6 is 0 Å². The fraction of sp³-hybridized carbons (Fsp3) is 0. The van der Waals surface area contributed by atoms with Crippen LogP contribution in [0, 0.1) is 0 Å². The standard InChI is InChI=1S/C10H8N6.2ClH.H2O/c1-3-15(7-11-1)9-5-10(14-6-13-9)16-4-2-12-8-16;;;/h1-8H;2*1H;1H2. The van der Waals surface area contributed by atoms with Gasteiger partial charge >= 0.3 is 0 Å². The molecule has 0 aromatic carbocycles. The van der Waals surface area contributed by atoms with E-state index in [9.17, 15) is 0 Å². The Morgan fingerprint density at radius 3 is 1.68 bits per heavy atom. The van der Waals surface area contributed by atoms with E-state index in [-0.39, 0.29) is 30.3 Å². The molecule has 19 heavy (non-hydrogen) atoms. The van der Waals surface area contributed by atoms with Gasteiger partial charge in [0.1, 0.15) is 12.4 Å². The van der Waals surface area contributed by atoms with E-state index >= 15 is 0 Å². The zero-order valence-electron chi connectivity index (χ0n) is 9.66. The van der Waals surface area contributed by atoms with Crippen LogP contribution in [0.25, 0.3) is 11.6 Å². The molecule has 0 aliphatic rings. The third-order valence-corrected chi connectivity index (χ3v) is 2.26. The number of hydrogen-bond acceptors (Lipinski definition) is 2. The van der Waals surface area contributed by atoms with Gasteiger partial charge in [-0.1, -0.05) is 9.97 Å². The number of aromatic nitrogens is 6. The number of aromatic amines is 2. The second kappa shape index (κ2) is 7.47. The van der Waals surface area contributed by atoms with Crippen molar-refractivity contribution in [2.75, 3.05) is 0 Å². The largest absolute Gasteiger partial charge is 1.00 e. The molecule has 3 rings (SSSR count). The van der Waals surface area contributed by atoms with E-state index < -0.39 is 0 Å². The van der Waals surface area contributed by atoms with Crippen molar-refractivity contribution in [3.8, 4) is 11.6 Å². The molecule has 0 bridgehead atoms. The lowest BCUT2D eigenvalue weighted by molar-refractivity contribution is -0.607. The second-order valence-electron chi connectivity index (χ2n) is 3.27. The SMILES string of the molecule is O.[Cl-].[Cl-].c1nc(-[n+]2cc[nH]c2)cc(-[n+]2cc[nH]c2)n1. The van der Waals surface area contributed by atoms with Crippen LogP contribution in [0.4, 0.5) is 0 Å². The molecule has 0 unspecified atom stereocenters. The highest BCUT2D eigenvalue weighted by atomic mass is 35.5. The Kier molecular flexibility index (Phi) is 6.70. The van der Waals surface area contributed by atoms with Crippen molar-refractivity contribution < 1.29 is 39.4 Å². The molecule has 0 saturated heterocycles. The molecular formula is C10H12Cl2N6O. The van der Waals surface area contributed by atoms with Gasteiger partial charge in [0.2, 0.25) is 0 Å². The van der Waals surface area contributed by atoms with Gasteiger partial charge in [-0.2, -0.15) is 0 Å². The molecule has 3 aromatic rings. The predicted molar refractivity (Wildman–Crippen MR) is 57.4 cm³/mol. The number of H-pyrrole nitrogens is 2. The Balaban J connectivity index is 0.00000108. The summed E-state index contributed by atoms with van der Waals surface area (Å²) < 4.78 is 3.77. The monoisotopic (exact) mass is 302 g/mol. The lowest BCUT2D eigenvalue weighted by Gasteiger charge is -1.93. The van der Waals surface area contributed by atoms with Crippen LogP contribution in [0.3, 0.4) is 0 Å². The number of rotatable bonds is 2. The van der Waals surface area contributed by atoms with E-state index in [0.29, 0.717) is 0 Å². The normalized spacial score (nSPS) is 8.84. The average Bonchev–Trinajstić information content (AvgIpc) is 3.03. The Morgan fingerprint density at radius 2 is 1.32 bits per heavy atom. The van der Waals surface area contributed by atoms with Gasteiger partial charge in [0.05, 0.1) is 18.5 Å². The minimum Gasteiger partial charge on any atom is -1.00 e. The topological polar surface area (TPSA) is 96.6 Å². The van der Waals surface area contributed by atoms with Crippen molar-refractivity contribution in [1.29, 1.82) is 0 Å². The van der Waals surface area contributed by atoms with Gasteiger partial charge in [0, 0.05) is 0 Å². The van der Waals surface area contributed by atoms with Crippen LogP contribution in [0.1, 0.15) is 0 Å². The summed E-state index contributed by atoms with van der Waals surface area (Å²) in [5.41, 5.74) is 0. The molecule has 0 fully saturated rings. The Bertz CT molecular complexity index is 534. The number of nitrogens with zero attached hydrogens (tertiary/aromatic N) is 4. The molecule has 0 amide bonds. The first-order valence-corrected chi connectivity index (χ1v) is 4.84. The summed E-state index contributed by atoms with van der Waals surface area (Å²) in [5.74, 6) is 1.64. The maximum Gasteiger partial charge on any atom is 0.277 e. The lowest BCUT2D eigenvalue weighted by atomic mass is 10.5. The van der Waals surface area contributed by atoms with E-state index in [4.69, 9.17) is 0 Å². The molecule has 102 valence electrons. The highest BCUT2D eigenvalue weighted by molar-refractivity contribution is 5.18. The van der Waals surface area contributed by atoms with Gasteiger partial charge in [0.25, 0.3) is 18.0 Å². The van der Waals surface area contributed by atoms with E-state index in [1.807, 2.05) is 52.6 Å². The number of hydrogen-bond donors (Lipinski definition) is 2. The third kappa shape index (κ3) is 3.50. The van der Waals surface area contributed by atoms with E-state index in [1.54, 1.807) is 6.33 Å². The zero-order valence-corrected chi connectivity index (χ0v) is 11.2. The molecule has 7 nitrogen and oxygen atoms in total. The zero-order chi connectivity index (χ0) is 10.8. The summed E-state index contributed by atoms with van der Waals surface area (Å²) in [4.78, 5) is 14.3. The summed E-state index contributed by atoms with van der Waals surface area (Å²) in [7, 11) is 0. The minimum absolute atomic E-state index is 0. The van der Waals surface area contributed by atoms with Crippen molar-refractivity contribution in [3.05, 3.63) is 49.8 Å². The highest BCUT2D eigenvalue weighted by Crippen LogP contribution is 1.96. The summed E-state index contributed by atoms with van der Waals surface area (Å²) in [6.45, 7) is 0. The van der Waals surface area contributed by atoms with Crippen LogP contribution < -0.4 is 33.9 Å². The van der Waals surface area contributed by atoms with Crippen LogP contribution in [0.15, 0.2) is 49.8 Å². The molecule has 0 aliphatic heterocycles. The smallest absolute Gasteiger partial charge is 0.277 e. The molecule has 3 heterocycles. The van der Waals surface area contributed by atoms with E-state index in [0.717, 1.165) is 11.6 Å². The maximum absolute atomic E-state index is 4.20. The quantitative estimate of drug-likeness (QED) is 0.460. The van der Waals surface area contributed by atoms with Crippen LogP contribution in [-0.4, -0.2) is 25.4 Å². The van der Waals surface area contributed by atoms with E-state index in [2.05, 4.69) is 19.9 Å².